The van der Waals surface area contributed by atoms with Gasteiger partial charge >= 0.3 is 0 Å². The first kappa shape index (κ1) is 18.6. The van der Waals surface area contributed by atoms with Crippen LogP contribution in [0.3, 0.4) is 0 Å². The van der Waals surface area contributed by atoms with Gasteiger partial charge in [0.05, 0.1) is 0 Å². The standard InChI is InChI=1S/C20H17ClN4O2S/c1-12-2-8-16(9-3-12)25-11-14(10-17(25)26)19-23-24-20(28-19)22-18(27)13-4-6-15(21)7-5-13/h2-9,14H,10-11H2,1H3,(H,22,24,27)/t14-/m1/s1. The molecule has 1 aromatic heterocycles. The molecule has 1 fully saturated rings. The second-order valence-corrected chi connectivity index (χ2v) is 8.09. The third-order valence-corrected chi connectivity index (χ3v) is 5.84. The minimum absolute atomic E-state index is 0.0347. The molecule has 0 unspecified atom stereocenters. The molecule has 28 heavy (non-hydrogen) atoms. The zero-order chi connectivity index (χ0) is 19.7. The van der Waals surface area contributed by atoms with Gasteiger partial charge in [-0.1, -0.05) is 40.6 Å². The molecule has 2 aromatic carbocycles. The smallest absolute Gasteiger partial charge is 0.257 e. The number of nitrogens with one attached hydrogen (secondary N) is 1. The zero-order valence-electron chi connectivity index (χ0n) is 15.1. The molecule has 6 nitrogen and oxygen atoms in total. The van der Waals surface area contributed by atoms with E-state index in [-0.39, 0.29) is 17.7 Å². The Morgan fingerprint density at radius 2 is 1.86 bits per heavy atom. The van der Waals surface area contributed by atoms with Crippen LogP contribution in [0, 0.1) is 6.92 Å². The number of hydrogen-bond donors (Lipinski definition) is 1. The van der Waals surface area contributed by atoms with Crippen LogP contribution in [0.25, 0.3) is 0 Å². The monoisotopic (exact) mass is 412 g/mol. The van der Waals surface area contributed by atoms with Crippen molar-refractivity contribution in [3.8, 4) is 0 Å². The lowest BCUT2D eigenvalue weighted by molar-refractivity contribution is -0.117. The predicted octanol–water partition coefficient (Wildman–Crippen LogP) is 4.27. The van der Waals surface area contributed by atoms with Crippen molar-refractivity contribution in [3.05, 3.63) is 69.7 Å². The van der Waals surface area contributed by atoms with Crippen LogP contribution in [0.5, 0.6) is 0 Å². The van der Waals surface area contributed by atoms with Crippen LogP contribution in [0.4, 0.5) is 10.8 Å². The quantitative estimate of drug-likeness (QED) is 0.694. The predicted molar refractivity (Wildman–Crippen MR) is 110 cm³/mol. The van der Waals surface area contributed by atoms with E-state index in [9.17, 15) is 9.59 Å². The van der Waals surface area contributed by atoms with Gasteiger partial charge in [0.25, 0.3) is 5.91 Å². The first-order chi connectivity index (χ1) is 13.5. The highest BCUT2D eigenvalue weighted by Crippen LogP contribution is 2.34. The number of aromatic nitrogens is 2. The second-order valence-electron chi connectivity index (χ2n) is 6.65. The molecule has 0 saturated carbocycles. The summed E-state index contributed by atoms with van der Waals surface area (Å²) in [6, 6.07) is 14.5. The number of rotatable bonds is 4. The average molecular weight is 413 g/mol. The fraction of sp³-hybridized carbons (Fsp3) is 0.200. The molecule has 4 rings (SSSR count). The van der Waals surface area contributed by atoms with Gasteiger partial charge in [0.15, 0.2) is 0 Å². The summed E-state index contributed by atoms with van der Waals surface area (Å²) in [6.45, 7) is 2.57. The summed E-state index contributed by atoms with van der Waals surface area (Å²) >= 11 is 7.14. The molecule has 1 aliphatic rings. The first-order valence-corrected chi connectivity index (χ1v) is 9.96. The van der Waals surface area contributed by atoms with Crippen LogP contribution < -0.4 is 10.2 Å². The highest BCUT2D eigenvalue weighted by molar-refractivity contribution is 7.15. The lowest BCUT2D eigenvalue weighted by Gasteiger charge is -2.16. The van der Waals surface area contributed by atoms with Crippen LogP contribution in [0.15, 0.2) is 48.5 Å². The van der Waals surface area contributed by atoms with Gasteiger partial charge in [0, 0.05) is 35.2 Å². The number of aryl methyl sites for hydroxylation is 1. The van der Waals surface area contributed by atoms with Gasteiger partial charge < -0.3 is 4.90 Å². The van der Waals surface area contributed by atoms with Gasteiger partial charge in [0.2, 0.25) is 11.0 Å². The Labute approximate surface area is 171 Å². The molecular formula is C20H17ClN4O2S. The van der Waals surface area contributed by atoms with Crippen molar-refractivity contribution in [2.24, 2.45) is 0 Å². The number of benzene rings is 2. The number of carbonyl (C=O) groups is 2. The maximum Gasteiger partial charge on any atom is 0.257 e. The summed E-state index contributed by atoms with van der Waals surface area (Å²) in [5.74, 6) is -0.244. The van der Waals surface area contributed by atoms with Gasteiger partial charge in [-0.2, -0.15) is 0 Å². The Kier molecular flexibility index (Phi) is 5.11. The summed E-state index contributed by atoms with van der Waals surface area (Å²) in [5, 5.41) is 12.7. The maximum atomic E-state index is 12.4. The van der Waals surface area contributed by atoms with Crippen molar-refractivity contribution in [2.45, 2.75) is 19.3 Å². The highest BCUT2D eigenvalue weighted by Gasteiger charge is 2.34. The number of anilines is 2. The van der Waals surface area contributed by atoms with Crippen LogP contribution in [0.2, 0.25) is 5.02 Å². The molecule has 2 amide bonds. The topological polar surface area (TPSA) is 75.2 Å². The number of amides is 2. The van der Waals surface area contributed by atoms with E-state index in [4.69, 9.17) is 11.6 Å². The Bertz CT molecular complexity index is 1020. The fourth-order valence-corrected chi connectivity index (χ4v) is 4.02. The number of carbonyl (C=O) groups excluding carboxylic acids is 2. The van der Waals surface area contributed by atoms with Crippen molar-refractivity contribution in [2.75, 3.05) is 16.8 Å². The Balaban J connectivity index is 1.44. The van der Waals surface area contributed by atoms with E-state index in [1.165, 1.54) is 11.3 Å². The van der Waals surface area contributed by atoms with Gasteiger partial charge in [-0.25, -0.2) is 0 Å². The van der Waals surface area contributed by atoms with Crippen LogP contribution in [0.1, 0.15) is 33.3 Å². The van der Waals surface area contributed by atoms with E-state index in [2.05, 4.69) is 15.5 Å². The molecular weight excluding hydrogens is 396 g/mol. The van der Waals surface area contributed by atoms with E-state index < -0.39 is 0 Å². The normalized spacial score (nSPS) is 16.4. The van der Waals surface area contributed by atoms with Crippen molar-refractivity contribution >= 4 is 45.6 Å². The summed E-state index contributed by atoms with van der Waals surface area (Å²) < 4.78 is 0. The van der Waals surface area contributed by atoms with Crippen molar-refractivity contribution in [1.82, 2.24) is 10.2 Å². The second kappa shape index (κ2) is 7.69. The van der Waals surface area contributed by atoms with Crippen LogP contribution in [-0.4, -0.2) is 28.6 Å². The average Bonchev–Trinajstić information content (AvgIpc) is 3.29. The Morgan fingerprint density at radius 1 is 1.14 bits per heavy atom. The SMILES string of the molecule is Cc1ccc(N2C[C@H](c3nnc(NC(=O)c4ccc(Cl)cc4)s3)CC2=O)cc1. The molecule has 0 radical (unpaired) electrons. The number of nitrogens with zero attached hydrogens (tertiary/aromatic N) is 3. The summed E-state index contributed by atoms with van der Waals surface area (Å²) in [5.41, 5.74) is 2.53. The molecule has 0 aliphatic carbocycles. The minimum Gasteiger partial charge on any atom is -0.312 e. The minimum atomic E-state index is -0.275. The summed E-state index contributed by atoms with van der Waals surface area (Å²) in [6.07, 6.45) is 0.383. The zero-order valence-corrected chi connectivity index (χ0v) is 16.6. The van der Waals surface area contributed by atoms with E-state index in [1.807, 2.05) is 31.2 Å². The molecule has 1 aliphatic heterocycles. The van der Waals surface area contributed by atoms with Crippen molar-refractivity contribution in [1.29, 1.82) is 0 Å². The summed E-state index contributed by atoms with van der Waals surface area (Å²) in [7, 11) is 0. The van der Waals surface area contributed by atoms with E-state index in [0.29, 0.717) is 28.7 Å². The lowest BCUT2D eigenvalue weighted by atomic mass is 10.1. The first-order valence-electron chi connectivity index (χ1n) is 8.77. The molecule has 8 heteroatoms. The molecule has 0 bridgehead atoms. The van der Waals surface area contributed by atoms with Crippen LogP contribution in [-0.2, 0) is 4.79 Å². The summed E-state index contributed by atoms with van der Waals surface area (Å²) in [4.78, 5) is 26.5. The Hall–Kier alpha value is -2.77. The third-order valence-electron chi connectivity index (χ3n) is 4.59. The fourth-order valence-electron chi connectivity index (χ4n) is 3.07. The molecule has 1 saturated heterocycles. The molecule has 1 atom stereocenters. The van der Waals surface area contributed by atoms with E-state index in [1.54, 1.807) is 29.2 Å². The lowest BCUT2D eigenvalue weighted by Crippen LogP contribution is -2.24. The molecule has 2 heterocycles. The highest BCUT2D eigenvalue weighted by atomic mass is 35.5. The maximum absolute atomic E-state index is 12.4. The van der Waals surface area contributed by atoms with Crippen molar-refractivity contribution in [3.63, 3.8) is 0 Å². The molecule has 3 aromatic rings. The van der Waals surface area contributed by atoms with Crippen molar-refractivity contribution < 1.29 is 9.59 Å². The van der Waals surface area contributed by atoms with Gasteiger partial charge in [-0.15, -0.1) is 10.2 Å². The number of hydrogen-bond acceptors (Lipinski definition) is 5. The van der Waals surface area contributed by atoms with Crippen LogP contribution >= 0.6 is 22.9 Å². The van der Waals surface area contributed by atoms with Gasteiger partial charge in [-0.05, 0) is 43.3 Å². The molecule has 142 valence electrons. The van der Waals surface area contributed by atoms with E-state index >= 15 is 0 Å². The van der Waals surface area contributed by atoms with E-state index in [0.717, 1.165) is 16.3 Å². The molecule has 0 spiro atoms. The molecule has 1 N–H and O–H groups in total. The van der Waals surface area contributed by atoms with Gasteiger partial charge in [0.1, 0.15) is 5.01 Å². The van der Waals surface area contributed by atoms with Gasteiger partial charge in [-0.3, -0.25) is 14.9 Å². The number of halogens is 1. The third kappa shape index (κ3) is 3.90. The largest absolute Gasteiger partial charge is 0.312 e. The Morgan fingerprint density at radius 3 is 2.57 bits per heavy atom.